The van der Waals surface area contributed by atoms with Gasteiger partial charge in [-0.2, -0.15) is 0 Å². The first-order chi connectivity index (χ1) is 9.65. The summed E-state index contributed by atoms with van der Waals surface area (Å²) < 4.78 is 1.66. The van der Waals surface area contributed by atoms with Gasteiger partial charge in [0.2, 0.25) is 5.91 Å². The third kappa shape index (κ3) is 4.13. The number of carbonyl (C=O) groups is 1. The van der Waals surface area contributed by atoms with E-state index in [0.29, 0.717) is 24.5 Å². The smallest absolute Gasteiger partial charge is 0.224 e. The first kappa shape index (κ1) is 14.1. The molecule has 3 N–H and O–H groups in total. The molecule has 0 aliphatic heterocycles. The lowest BCUT2D eigenvalue weighted by Gasteiger charge is -2.06. The van der Waals surface area contributed by atoms with Crippen LogP contribution in [0.25, 0.3) is 0 Å². The van der Waals surface area contributed by atoms with Crippen LogP contribution in [-0.4, -0.2) is 32.4 Å². The van der Waals surface area contributed by atoms with Crippen LogP contribution in [0.2, 0.25) is 0 Å². The fourth-order valence-corrected chi connectivity index (χ4v) is 1.83. The van der Waals surface area contributed by atoms with Gasteiger partial charge in [0.05, 0.1) is 19.2 Å². The molecule has 0 aliphatic rings. The molecule has 20 heavy (non-hydrogen) atoms. The Morgan fingerprint density at radius 2 is 2.10 bits per heavy atom. The lowest BCUT2D eigenvalue weighted by atomic mass is 10.1. The van der Waals surface area contributed by atoms with E-state index < -0.39 is 0 Å². The van der Waals surface area contributed by atoms with Gasteiger partial charge in [-0.15, -0.1) is 5.10 Å². The number of aromatic nitrogens is 3. The van der Waals surface area contributed by atoms with Crippen LogP contribution < -0.4 is 11.1 Å². The zero-order valence-corrected chi connectivity index (χ0v) is 11.6. The van der Waals surface area contributed by atoms with E-state index in [4.69, 9.17) is 18.0 Å². The van der Waals surface area contributed by atoms with Crippen LogP contribution in [0.15, 0.2) is 36.7 Å². The number of amides is 1. The van der Waals surface area contributed by atoms with Crippen LogP contribution in [0.3, 0.4) is 0 Å². The molecule has 0 fully saturated rings. The summed E-state index contributed by atoms with van der Waals surface area (Å²) in [6, 6.07) is 7.34. The third-order valence-corrected chi connectivity index (χ3v) is 2.97. The van der Waals surface area contributed by atoms with Crippen LogP contribution in [0.4, 0.5) is 0 Å². The molecule has 0 bridgehead atoms. The topological polar surface area (TPSA) is 85.8 Å². The number of thiocarbonyl (C=S) groups is 1. The van der Waals surface area contributed by atoms with Crippen LogP contribution >= 0.6 is 12.2 Å². The molecule has 2 aromatic rings. The van der Waals surface area contributed by atoms with E-state index in [1.54, 1.807) is 17.1 Å². The van der Waals surface area contributed by atoms with Gasteiger partial charge >= 0.3 is 0 Å². The van der Waals surface area contributed by atoms with Gasteiger partial charge in [0.15, 0.2) is 0 Å². The number of rotatable bonds is 6. The Kier molecular flexibility index (Phi) is 4.78. The van der Waals surface area contributed by atoms with Gasteiger partial charge in [0.1, 0.15) is 4.99 Å². The van der Waals surface area contributed by atoms with Crippen LogP contribution in [-0.2, 0) is 17.8 Å². The molecule has 1 aromatic carbocycles. The number of hydrogen-bond acceptors (Lipinski definition) is 4. The van der Waals surface area contributed by atoms with Gasteiger partial charge in [0, 0.05) is 18.3 Å². The molecular formula is C13H15N5OS. The fourth-order valence-electron chi connectivity index (χ4n) is 1.70. The number of hydrogen-bond donors (Lipinski definition) is 2. The maximum Gasteiger partial charge on any atom is 0.224 e. The molecule has 0 radical (unpaired) electrons. The van der Waals surface area contributed by atoms with Crippen molar-refractivity contribution in [1.82, 2.24) is 20.3 Å². The standard InChI is InChI=1S/C13H15N5OS/c14-13(20)11-3-1-10(2-4-11)9-12(19)15-5-7-18-8-6-16-17-18/h1-4,6,8H,5,7,9H2,(H2,14,20)(H,15,19). The minimum absolute atomic E-state index is 0.0341. The average molecular weight is 289 g/mol. The number of nitrogens with two attached hydrogens (primary N) is 1. The number of carbonyl (C=O) groups excluding carboxylic acids is 1. The van der Waals surface area contributed by atoms with E-state index in [-0.39, 0.29) is 5.91 Å². The highest BCUT2D eigenvalue weighted by Crippen LogP contribution is 2.05. The van der Waals surface area contributed by atoms with Crippen molar-refractivity contribution >= 4 is 23.1 Å². The molecule has 0 aliphatic carbocycles. The number of nitrogens with one attached hydrogen (secondary N) is 1. The number of benzene rings is 1. The minimum atomic E-state index is -0.0341. The molecule has 1 amide bonds. The van der Waals surface area contributed by atoms with Crippen LogP contribution in [0.5, 0.6) is 0 Å². The SMILES string of the molecule is NC(=S)c1ccc(CC(=O)NCCn2ccnn2)cc1. The number of nitrogens with zero attached hydrogens (tertiary/aromatic N) is 3. The Morgan fingerprint density at radius 3 is 2.70 bits per heavy atom. The molecule has 0 saturated carbocycles. The van der Waals surface area contributed by atoms with Crippen molar-refractivity contribution in [3.63, 3.8) is 0 Å². The first-order valence-corrected chi connectivity index (χ1v) is 6.55. The van der Waals surface area contributed by atoms with Crippen molar-refractivity contribution in [3.05, 3.63) is 47.8 Å². The van der Waals surface area contributed by atoms with Crippen molar-refractivity contribution in [2.45, 2.75) is 13.0 Å². The second-order valence-corrected chi connectivity index (χ2v) is 4.69. The summed E-state index contributed by atoms with van der Waals surface area (Å²) in [5.41, 5.74) is 7.24. The summed E-state index contributed by atoms with van der Waals surface area (Å²) in [5, 5.41) is 10.3. The molecule has 0 unspecified atom stereocenters. The second kappa shape index (κ2) is 6.76. The van der Waals surface area contributed by atoms with Crippen LogP contribution in [0.1, 0.15) is 11.1 Å². The largest absolute Gasteiger partial charge is 0.389 e. The Labute approximate surface area is 122 Å². The maximum atomic E-state index is 11.8. The Morgan fingerprint density at radius 1 is 1.35 bits per heavy atom. The van der Waals surface area contributed by atoms with Gasteiger partial charge < -0.3 is 11.1 Å². The van der Waals surface area contributed by atoms with Crippen molar-refractivity contribution < 1.29 is 4.79 Å². The normalized spacial score (nSPS) is 10.2. The highest BCUT2D eigenvalue weighted by atomic mass is 32.1. The van der Waals surface area contributed by atoms with Crippen molar-refractivity contribution in [3.8, 4) is 0 Å². The van der Waals surface area contributed by atoms with Crippen LogP contribution in [0, 0.1) is 0 Å². The van der Waals surface area contributed by atoms with E-state index >= 15 is 0 Å². The summed E-state index contributed by atoms with van der Waals surface area (Å²) in [6.45, 7) is 1.12. The van der Waals surface area contributed by atoms with E-state index in [2.05, 4.69) is 15.6 Å². The fraction of sp³-hybridized carbons (Fsp3) is 0.231. The van der Waals surface area contributed by atoms with E-state index in [1.807, 2.05) is 24.3 Å². The Balaban J connectivity index is 1.77. The molecule has 104 valence electrons. The molecule has 1 aromatic heterocycles. The Bertz CT molecular complexity index is 579. The van der Waals surface area contributed by atoms with E-state index in [0.717, 1.165) is 11.1 Å². The van der Waals surface area contributed by atoms with E-state index in [1.165, 1.54) is 0 Å². The molecule has 2 rings (SSSR count). The maximum absolute atomic E-state index is 11.8. The summed E-state index contributed by atoms with van der Waals surface area (Å²) in [6.07, 6.45) is 3.68. The lowest BCUT2D eigenvalue weighted by molar-refractivity contribution is -0.120. The molecule has 0 saturated heterocycles. The molecule has 7 heteroatoms. The van der Waals surface area contributed by atoms with Crippen molar-refractivity contribution in [2.24, 2.45) is 5.73 Å². The lowest BCUT2D eigenvalue weighted by Crippen LogP contribution is -2.28. The highest BCUT2D eigenvalue weighted by Gasteiger charge is 2.04. The van der Waals surface area contributed by atoms with Gasteiger partial charge in [-0.05, 0) is 5.56 Å². The molecule has 1 heterocycles. The average Bonchev–Trinajstić information content (AvgIpc) is 2.92. The van der Waals surface area contributed by atoms with E-state index in [9.17, 15) is 4.79 Å². The zero-order valence-electron chi connectivity index (χ0n) is 10.8. The zero-order chi connectivity index (χ0) is 14.4. The summed E-state index contributed by atoms with van der Waals surface area (Å²) in [4.78, 5) is 12.1. The third-order valence-electron chi connectivity index (χ3n) is 2.74. The predicted molar refractivity (Wildman–Crippen MR) is 79.1 cm³/mol. The molecule has 6 nitrogen and oxygen atoms in total. The minimum Gasteiger partial charge on any atom is -0.389 e. The molecular weight excluding hydrogens is 274 g/mol. The highest BCUT2D eigenvalue weighted by molar-refractivity contribution is 7.80. The van der Waals surface area contributed by atoms with Gasteiger partial charge in [-0.3, -0.25) is 9.48 Å². The monoisotopic (exact) mass is 289 g/mol. The second-order valence-electron chi connectivity index (χ2n) is 4.25. The van der Waals surface area contributed by atoms with Gasteiger partial charge in [-0.25, -0.2) is 0 Å². The Hall–Kier alpha value is -2.28. The van der Waals surface area contributed by atoms with Crippen molar-refractivity contribution in [2.75, 3.05) is 6.54 Å². The summed E-state index contributed by atoms with van der Waals surface area (Å²) in [7, 11) is 0. The first-order valence-electron chi connectivity index (χ1n) is 6.14. The quantitative estimate of drug-likeness (QED) is 0.746. The molecule has 0 spiro atoms. The van der Waals surface area contributed by atoms with Crippen molar-refractivity contribution in [1.29, 1.82) is 0 Å². The van der Waals surface area contributed by atoms with Gasteiger partial charge in [-0.1, -0.05) is 41.7 Å². The summed E-state index contributed by atoms with van der Waals surface area (Å²) >= 11 is 4.87. The van der Waals surface area contributed by atoms with Gasteiger partial charge in [0.25, 0.3) is 0 Å². The predicted octanol–water partition coefficient (Wildman–Crippen LogP) is 0.271. The molecule has 0 atom stereocenters. The summed E-state index contributed by atoms with van der Waals surface area (Å²) in [5.74, 6) is -0.0341.